The van der Waals surface area contributed by atoms with Crippen molar-refractivity contribution in [2.24, 2.45) is 0 Å². The van der Waals surface area contributed by atoms with Crippen molar-refractivity contribution in [3.05, 3.63) is 60.1 Å². The number of amides is 1. The molecule has 2 aromatic rings. The van der Waals surface area contributed by atoms with E-state index in [1.165, 1.54) is 16.7 Å². The molecule has 0 unspecified atom stereocenters. The number of piperidine rings is 1. The maximum atomic E-state index is 12.5. The Labute approximate surface area is 146 Å². The van der Waals surface area contributed by atoms with Gasteiger partial charge in [0.2, 0.25) is 0 Å². The molecule has 1 aliphatic heterocycles. The second-order valence-corrected chi connectivity index (χ2v) is 6.41. The lowest BCUT2D eigenvalue weighted by atomic mass is 9.95. The molecule has 1 N–H and O–H groups in total. The number of carboxylic acids is 1. The van der Waals surface area contributed by atoms with E-state index in [0.717, 1.165) is 13.0 Å². The Morgan fingerprint density at radius 1 is 1.24 bits per heavy atom. The van der Waals surface area contributed by atoms with E-state index in [1.54, 1.807) is 12.1 Å². The highest BCUT2D eigenvalue weighted by Crippen LogP contribution is 2.24. The Hall–Kier alpha value is -2.60. The minimum absolute atomic E-state index is 0.113. The zero-order chi connectivity index (χ0) is 17.8. The number of furan rings is 1. The Kier molecular flexibility index (Phi) is 5.19. The molecular weight excluding hydrogens is 320 g/mol. The molecule has 0 radical (unpaired) electrons. The zero-order valence-electron chi connectivity index (χ0n) is 14.2. The van der Waals surface area contributed by atoms with E-state index < -0.39 is 12.0 Å². The molecule has 3 rings (SSSR count). The SMILES string of the molecule is CN(Cc1ccccc1)[C@@H]1CCN(C(=O)c2ccco2)[C@@H](C(=O)O)C1. The molecule has 6 heteroatoms. The fourth-order valence-electron chi connectivity index (χ4n) is 3.37. The molecule has 6 nitrogen and oxygen atoms in total. The maximum absolute atomic E-state index is 12.5. The second kappa shape index (κ2) is 7.53. The van der Waals surface area contributed by atoms with Gasteiger partial charge in [-0.2, -0.15) is 0 Å². The highest BCUT2D eigenvalue weighted by Gasteiger charge is 2.38. The lowest BCUT2D eigenvalue weighted by Gasteiger charge is -2.40. The average Bonchev–Trinajstić information content (AvgIpc) is 3.16. The molecule has 1 aromatic carbocycles. The Morgan fingerprint density at radius 3 is 2.64 bits per heavy atom. The third-order valence-corrected chi connectivity index (χ3v) is 4.75. The molecule has 0 spiro atoms. The van der Waals surface area contributed by atoms with Crippen LogP contribution in [0, 0.1) is 0 Å². The summed E-state index contributed by atoms with van der Waals surface area (Å²) < 4.78 is 5.14. The topological polar surface area (TPSA) is 74.0 Å². The number of hydrogen-bond acceptors (Lipinski definition) is 4. The van der Waals surface area contributed by atoms with Gasteiger partial charge in [-0.05, 0) is 37.6 Å². The molecule has 2 heterocycles. The maximum Gasteiger partial charge on any atom is 0.326 e. The van der Waals surface area contributed by atoms with E-state index in [9.17, 15) is 14.7 Å². The summed E-state index contributed by atoms with van der Waals surface area (Å²) >= 11 is 0. The Morgan fingerprint density at radius 2 is 2.00 bits per heavy atom. The molecular formula is C19H22N2O4. The van der Waals surface area contributed by atoms with Gasteiger partial charge in [0.05, 0.1) is 6.26 Å². The molecule has 0 aliphatic carbocycles. The van der Waals surface area contributed by atoms with Crippen molar-refractivity contribution < 1.29 is 19.1 Å². The summed E-state index contributed by atoms with van der Waals surface area (Å²) in [5, 5.41) is 9.60. The van der Waals surface area contributed by atoms with Gasteiger partial charge in [-0.1, -0.05) is 30.3 Å². The van der Waals surface area contributed by atoms with Crippen LogP contribution in [-0.4, -0.2) is 52.5 Å². The van der Waals surface area contributed by atoms with Gasteiger partial charge in [0.15, 0.2) is 5.76 Å². The highest BCUT2D eigenvalue weighted by molar-refractivity contribution is 5.94. The first-order valence-electron chi connectivity index (χ1n) is 8.37. The molecule has 0 saturated carbocycles. The Balaban J connectivity index is 1.68. The smallest absolute Gasteiger partial charge is 0.326 e. The van der Waals surface area contributed by atoms with Crippen LogP contribution in [0.15, 0.2) is 53.1 Å². The number of rotatable bonds is 5. The number of nitrogens with zero attached hydrogens (tertiary/aromatic N) is 2. The standard InChI is InChI=1S/C19H22N2O4/c1-20(13-14-6-3-2-4-7-14)15-9-10-21(16(12-15)19(23)24)18(22)17-8-5-11-25-17/h2-8,11,15-16H,9-10,12-13H2,1H3,(H,23,24)/t15-,16-/m1/s1. The van der Waals surface area contributed by atoms with Crippen molar-refractivity contribution in [2.75, 3.05) is 13.6 Å². The first-order valence-corrected chi connectivity index (χ1v) is 8.37. The number of carbonyl (C=O) groups is 2. The van der Waals surface area contributed by atoms with Crippen LogP contribution in [0.4, 0.5) is 0 Å². The van der Waals surface area contributed by atoms with Crippen molar-refractivity contribution >= 4 is 11.9 Å². The number of aliphatic carboxylic acids is 1. The summed E-state index contributed by atoms with van der Waals surface area (Å²) in [5.74, 6) is -1.15. The molecule has 1 saturated heterocycles. The summed E-state index contributed by atoms with van der Waals surface area (Å²) in [6, 6.07) is 12.5. The van der Waals surface area contributed by atoms with Crippen molar-refractivity contribution in [2.45, 2.75) is 31.5 Å². The van der Waals surface area contributed by atoms with Gasteiger partial charge in [0, 0.05) is 19.1 Å². The summed E-state index contributed by atoms with van der Waals surface area (Å²) in [6.45, 7) is 1.16. The van der Waals surface area contributed by atoms with E-state index in [1.807, 2.05) is 25.2 Å². The van der Waals surface area contributed by atoms with Crippen LogP contribution in [0.2, 0.25) is 0 Å². The molecule has 1 aromatic heterocycles. The van der Waals surface area contributed by atoms with Crippen LogP contribution >= 0.6 is 0 Å². The quantitative estimate of drug-likeness (QED) is 0.903. The van der Waals surface area contributed by atoms with E-state index in [2.05, 4.69) is 17.0 Å². The van der Waals surface area contributed by atoms with Crippen LogP contribution in [0.25, 0.3) is 0 Å². The first-order chi connectivity index (χ1) is 12.1. The first kappa shape index (κ1) is 17.2. The fraction of sp³-hybridized carbons (Fsp3) is 0.368. The molecule has 25 heavy (non-hydrogen) atoms. The molecule has 0 bridgehead atoms. The average molecular weight is 342 g/mol. The van der Waals surface area contributed by atoms with E-state index >= 15 is 0 Å². The highest BCUT2D eigenvalue weighted by atomic mass is 16.4. The lowest BCUT2D eigenvalue weighted by molar-refractivity contribution is -0.144. The van der Waals surface area contributed by atoms with E-state index in [0.29, 0.717) is 13.0 Å². The summed E-state index contributed by atoms with van der Waals surface area (Å²) in [6.07, 6.45) is 2.56. The number of likely N-dealkylation sites (tertiary alicyclic amines) is 1. The third kappa shape index (κ3) is 3.91. The van der Waals surface area contributed by atoms with Gasteiger partial charge >= 0.3 is 5.97 Å². The minimum atomic E-state index is -0.974. The molecule has 2 atom stereocenters. The monoisotopic (exact) mass is 342 g/mol. The van der Waals surface area contributed by atoms with Crippen molar-refractivity contribution in [1.29, 1.82) is 0 Å². The van der Waals surface area contributed by atoms with Crippen LogP contribution in [0.5, 0.6) is 0 Å². The van der Waals surface area contributed by atoms with Crippen molar-refractivity contribution in [3.8, 4) is 0 Å². The van der Waals surface area contributed by atoms with E-state index in [-0.39, 0.29) is 17.7 Å². The lowest BCUT2D eigenvalue weighted by Crippen LogP contribution is -2.54. The van der Waals surface area contributed by atoms with Gasteiger partial charge in [-0.3, -0.25) is 9.69 Å². The van der Waals surface area contributed by atoms with Crippen LogP contribution in [0.3, 0.4) is 0 Å². The minimum Gasteiger partial charge on any atom is -0.480 e. The fourth-order valence-corrected chi connectivity index (χ4v) is 3.37. The number of hydrogen-bond donors (Lipinski definition) is 1. The van der Waals surface area contributed by atoms with Crippen LogP contribution in [-0.2, 0) is 11.3 Å². The third-order valence-electron chi connectivity index (χ3n) is 4.75. The summed E-state index contributed by atoms with van der Waals surface area (Å²) in [4.78, 5) is 27.8. The number of carboxylic acid groups (broad SMARTS) is 1. The number of carbonyl (C=O) groups excluding carboxylic acids is 1. The van der Waals surface area contributed by atoms with Crippen molar-refractivity contribution in [3.63, 3.8) is 0 Å². The summed E-state index contributed by atoms with van der Waals surface area (Å²) in [7, 11) is 2.00. The Bertz CT molecular complexity index is 714. The van der Waals surface area contributed by atoms with Crippen LogP contribution < -0.4 is 0 Å². The molecule has 132 valence electrons. The van der Waals surface area contributed by atoms with Gasteiger partial charge < -0.3 is 14.4 Å². The van der Waals surface area contributed by atoms with Gasteiger partial charge in [-0.15, -0.1) is 0 Å². The second-order valence-electron chi connectivity index (χ2n) is 6.41. The van der Waals surface area contributed by atoms with Crippen LogP contribution in [0.1, 0.15) is 29.0 Å². The van der Waals surface area contributed by atoms with Gasteiger partial charge in [0.25, 0.3) is 5.91 Å². The molecule has 1 amide bonds. The normalized spacial score (nSPS) is 20.6. The molecule has 1 aliphatic rings. The zero-order valence-corrected chi connectivity index (χ0v) is 14.2. The van der Waals surface area contributed by atoms with Gasteiger partial charge in [0.1, 0.15) is 6.04 Å². The predicted molar refractivity (Wildman–Crippen MR) is 92.1 cm³/mol. The number of benzene rings is 1. The van der Waals surface area contributed by atoms with Gasteiger partial charge in [-0.25, -0.2) is 4.79 Å². The van der Waals surface area contributed by atoms with Crippen molar-refractivity contribution in [1.82, 2.24) is 9.80 Å². The molecule has 1 fully saturated rings. The predicted octanol–water partition coefficient (Wildman–Crippen LogP) is 2.47. The van der Waals surface area contributed by atoms with E-state index in [4.69, 9.17) is 4.42 Å². The summed E-state index contributed by atoms with van der Waals surface area (Å²) in [5.41, 5.74) is 1.19. The largest absolute Gasteiger partial charge is 0.480 e.